The van der Waals surface area contributed by atoms with E-state index in [4.69, 9.17) is 5.41 Å². The maximum absolute atomic E-state index is 13.1. The van der Waals surface area contributed by atoms with Gasteiger partial charge in [0.2, 0.25) is 0 Å². The molecule has 0 fully saturated rings. The molecule has 0 aliphatic carbocycles. The topological polar surface area (TPSA) is 62.2 Å². The van der Waals surface area contributed by atoms with E-state index >= 15 is 0 Å². The third-order valence-corrected chi connectivity index (χ3v) is 1.77. The zero-order valence-electron chi connectivity index (χ0n) is 8.92. The average molecular weight is 265 g/mol. The Morgan fingerprint density at radius 3 is 2.65 bits per heavy atom. The predicted octanol–water partition coefficient (Wildman–Crippen LogP) is 2.34. The number of benzene rings is 1. The van der Waals surface area contributed by atoms with Crippen molar-refractivity contribution < 1.29 is 18.3 Å². The molecular weight excluding hydrogens is 254 g/mol. The van der Waals surface area contributed by atoms with Gasteiger partial charge >= 0.3 is 5.97 Å². The summed E-state index contributed by atoms with van der Waals surface area (Å²) in [6.07, 6.45) is -0.298. The maximum Gasteiger partial charge on any atom is 0.313 e. The van der Waals surface area contributed by atoms with E-state index in [9.17, 15) is 13.6 Å². The fourth-order valence-electron chi connectivity index (χ4n) is 1.01. The van der Waals surface area contributed by atoms with Gasteiger partial charge in [-0.05, 0) is 12.1 Å². The molecule has 0 saturated carbocycles. The largest absolute Gasteiger partial charge is 0.469 e. The van der Waals surface area contributed by atoms with Crippen molar-refractivity contribution in [1.29, 1.82) is 5.41 Å². The van der Waals surface area contributed by atoms with Gasteiger partial charge in [0, 0.05) is 6.07 Å². The van der Waals surface area contributed by atoms with Crippen LogP contribution in [0.2, 0.25) is 0 Å². The fraction of sp³-hybridized carbons (Fsp3) is 0.200. The van der Waals surface area contributed by atoms with Gasteiger partial charge in [0.15, 0.2) is 0 Å². The van der Waals surface area contributed by atoms with E-state index in [1.54, 1.807) is 0 Å². The fourth-order valence-corrected chi connectivity index (χ4v) is 1.01. The van der Waals surface area contributed by atoms with Crippen molar-refractivity contribution in [3.05, 3.63) is 29.8 Å². The first-order chi connectivity index (χ1) is 7.52. The zero-order valence-corrected chi connectivity index (χ0v) is 9.74. The summed E-state index contributed by atoms with van der Waals surface area (Å²) in [5.41, 5.74) is -0.0599. The number of esters is 1. The number of rotatable bonds is 3. The van der Waals surface area contributed by atoms with E-state index in [-0.39, 0.29) is 30.4 Å². The van der Waals surface area contributed by atoms with Crippen LogP contribution < -0.4 is 5.32 Å². The predicted molar refractivity (Wildman–Crippen MR) is 61.6 cm³/mol. The number of hydrogen-bond donors (Lipinski definition) is 2. The molecule has 17 heavy (non-hydrogen) atoms. The van der Waals surface area contributed by atoms with Gasteiger partial charge in [-0.3, -0.25) is 10.2 Å². The van der Waals surface area contributed by atoms with Gasteiger partial charge in [-0.1, -0.05) is 0 Å². The average Bonchev–Trinajstić information content (AvgIpc) is 2.22. The zero-order chi connectivity index (χ0) is 12.1. The lowest BCUT2D eigenvalue weighted by Gasteiger charge is -2.07. The minimum Gasteiger partial charge on any atom is -0.469 e. The Bertz CT molecular complexity index is 427. The number of nitrogens with one attached hydrogen (secondary N) is 2. The van der Waals surface area contributed by atoms with Crippen LogP contribution >= 0.6 is 12.4 Å². The number of amidine groups is 1. The molecule has 4 nitrogen and oxygen atoms in total. The highest BCUT2D eigenvalue weighted by molar-refractivity contribution is 6.03. The molecule has 0 aliphatic rings. The first kappa shape index (κ1) is 15.3. The second-order valence-electron chi connectivity index (χ2n) is 2.98. The van der Waals surface area contributed by atoms with E-state index in [0.29, 0.717) is 6.07 Å². The van der Waals surface area contributed by atoms with Gasteiger partial charge in [-0.2, -0.15) is 0 Å². The molecule has 0 amide bonds. The monoisotopic (exact) mass is 264 g/mol. The van der Waals surface area contributed by atoms with Crippen LogP contribution in [0.3, 0.4) is 0 Å². The molecule has 1 aromatic rings. The first-order valence-electron chi connectivity index (χ1n) is 4.39. The Kier molecular flexibility index (Phi) is 6.12. The molecule has 2 N–H and O–H groups in total. The number of ether oxygens (including phenoxy) is 1. The van der Waals surface area contributed by atoms with E-state index < -0.39 is 17.6 Å². The number of carbonyl (C=O) groups is 1. The third kappa shape index (κ3) is 4.78. The normalized spacial score (nSPS) is 9.12. The minimum atomic E-state index is -0.824. The molecule has 0 radical (unpaired) electrons. The molecule has 0 bridgehead atoms. The highest BCUT2D eigenvalue weighted by atomic mass is 35.5. The van der Waals surface area contributed by atoms with Crippen molar-refractivity contribution in [3.63, 3.8) is 0 Å². The minimum absolute atomic E-state index is 0. The first-order valence-corrected chi connectivity index (χ1v) is 4.39. The third-order valence-electron chi connectivity index (χ3n) is 1.77. The number of carbonyl (C=O) groups excluding carboxylic acids is 1. The number of hydrogen-bond acceptors (Lipinski definition) is 3. The molecule has 0 spiro atoms. The Morgan fingerprint density at radius 1 is 1.47 bits per heavy atom. The smallest absolute Gasteiger partial charge is 0.313 e. The van der Waals surface area contributed by atoms with E-state index in [1.165, 1.54) is 7.11 Å². The van der Waals surface area contributed by atoms with Gasteiger partial charge in [-0.15, -0.1) is 12.4 Å². The van der Waals surface area contributed by atoms with Gasteiger partial charge in [0.1, 0.15) is 23.9 Å². The quantitative estimate of drug-likeness (QED) is 0.500. The van der Waals surface area contributed by atoms with Crippen LogP contribution in [-0.2, 0) is 9.53 Å². The summed E-state index contributed by atoms with van der Waals surface area (Å²) in [4.78, 5) is 10.8. The van der Waals surface area contributed by atoms with Crippen molar-refractivity contribution in [2.24, 2.45) is 0 Å². The van der Waals surface area contributed by atoms with Gasteiger partial charge in [0.05, 0.1) is 12.8 Å². The molecule has 0 heterocycles. The molecule has 0 saturated heterocycles. The van der Waals surface area contributed by atoms with Crippen LogP contribution in [0.25, 0.3) is 0 Å². The van der Waals surface area contributed by atoms with E-state index in [0.717, 1.165) is 12.1 Å². The summed E-state index contributed by atoms with van der Waals surface area (Å²) >= 11 is 0. The second-order valence-corrected chi connectivity index (χ2v) is 2.98. The Hall–Kier alpha value is -1.69. The van der Waals surface area contributed by atoms with Crippen molar-refractivity contribution >= 4 is 29.9 Å². The van der Waals surface area contributed by atoms with Crippen LogP contribution in [0.5, 0.6) is 0 Å². The van der Waals surface area contributed by atoms with Crippen molar-refractivity contribution in [3.8, 4) is 0 Å². The molecular formula is C10H11ClF2N2O2. The van der Waals surface area contributed by atoms with Gasteiger partial charge in [0.25, 0.3) is 0 Å². The lowest BCUT2D eigenvalue weighted by atomic mass is 10.3. The summed E-state index contributed by atoms with van der Waals surface area (Å²) in [7, 11) is 1.19. The highest BCUT2D eigenvalue weighted by Crippen LogP contribution is 2.15. The lowest BCUT2D eigenvalue weighted by Crippen LogP contribution is -2.17. The van der Waals surface area contributed by atoms with Crippen LogP contribution in [0.4, 0.5) is 14.5 Å². The van der Waals surface area contributed by atoms with E-state index in [1.807, 2.05) is 0 Å². The van der Waals surface area contributed by atoms with Crippen LogP contribution in [0.1, 0.15) is 6.42 Å². The van der Waals surface area contributed by atoms with Crippen LogP contribution in [0, 0.1) is 17.0 Å². The molecule has 0 aliphatic heterocycles. The van der Waals surface area contributed by atoms with Crippen molar-refractivity contribution in [1.82, 2.24) is 0 Å². The van der Waals surface area contributed by atoms with E-state index in [2.05, 4.69) is 10.1 Å². The molecule has 0 aromatic heterocycles. The molecule has 0 unspecified atom stereocenters. The van der Waals surface area contributed by atoms with Crippen LogP contribution in [0.15, 0.2) is 18.2 Å². The van der Waals surface area contributed by atoms with Crippen molar-refractivity contribution in [2.45, 2.75) is 6.42 Å². The molecule has 7 heteroatoms. The van der Waals surface area contributed by atoms with Gasteiger partial charge in [-0.25, -0.2) is 8.78 Å². The summed E-state index contributed by atoms with van der Waals surface area (Å²) in [6.45, 7) is 0. The SMILES string of the molecule is COC(=O)CC(=N)Nc1ccc(F)cc1F.Cl. The standard InChI is InChI=1S/C10H10F2N2O2.ClH/c1-16-10(15)5-9(13)14-8-3-2-6(11)4-7(8)12;/h2-4H,5H2,1H3,(H2,13,14);1H. The highest BCUT2D eigenvalue weighted by Gasteiger charge is 2.09. The van der Waals surface area contributed by atoms with Gasteiger partial charge < -0.3 is 10.1 Å². The lowest BCUT2D eigenvalue weighted by molar-refractivity contribution is -0.139. The summed E-state index contributed by atoms with van der Waals surface area (Å²) < 4.78 is 30.0. The summed E-state index contributed by atoms with van der Waals surface area (Å²) in [5, 5.41) is 9.68. The molecule has 94 valence electrons. The van der Waals surface area contributed by atoms with Crippen LogP contribution in [-0.4, -0.2) is 18.9 Å². The molecule has 0 atom stereocenters. The number of halogens is 3. The number of anilines is 1. The summed E-state index contributed by atoms with van der Waals surface area (Å²) in [6, 6.07) is 2.89. The molecule has 1 rings (SSSR count). The number of methoxy groups -OCH3 is 1. The Morgan fingerprint density at radius 2 is 2.12 bits per heavy atom. The molecule has 1 aromatic carbocycles. The van der Waals surface area contributed by atoms with Crippen molar-refractivity contribution in [2.75, 3.05) is 12.4 Å². The summed E-state index contributed by atoms with van der Waals surface area (Å²) in [5.74, 6) is -2.37. The maximum atomic E-state index is 13.1. The second kappa shape index (κ2) is 6.80. The Labute approximate surface area is 103 Å². The Balaban J connectivity index is 0.00000256.